The molecule has 0 aromatic carbocycles. The maximum absolute atomic E-state index is 6.72. The lowest BCUT2D eigenvalue weighted by molar-refractivity contribution is -0.0672. The van der Waals surface area contributed by atoms with Crippen LogP contribution in [0.15, 0.2) is 12.1 Å². The van der Waals surface area contributed by atoms with Crippen molar-refractivity contribution in [3.63, 3.8) is 0 Å². The second-order valence-electron chi connectivity index (χ2n) is 7.21. The summed E-state index contributed by atoms with van der Waals surface area (Å²) >= 11 is 1.92. The molecule has 2 heteroatoms. The van der Waals surface area contributed by atoms with Gasteiger partial charge in [-0.25, -0.2) is 0 Å². The SMILES string of the molecule is Cc1ccc(C(N)C23CC4CC(CC(C4)C2)C3)s1. The Morgan fingerprint density at radius 2 is 1.67 bits per heavy atom. The Kier molecular flexibility index (Phi) is 2.44. The molecule has 0 amide bonds. The van der Waals surface area contributed by atoms with E-state index < -0.39 is 0 Å². The van der Waals surface area contributed by atoms with Gasteiger partial charge in [0.05, 0.1) is 0 Å². The summed E-state index contributed by atoms with van der Waals surface area (Å²) in [6.45, 7) is 2.20. The van der Waals surface area contributed by atoms with Crippen LogP contribution in [0.5, 0.6) is 0 Å². The molecule has 4 saturated carbocycles. The molecule has 1 heterocycles. The first-order chi connectivity index (χ1) is 8.64. The lowest BCUT2D eigenvalue weighted by Gasteiger charge is -2.58. The van der Waals surface area contributed by atoms with E-state index in [4.69, 9.17) is 5.73 Å². The van der Waals surface area contributed by atoms with E-state index in [-0.39, 0.29) is 0 Å². The molecule has 1 unspecified atom stereocenters. The zero-order chi connectivity index (χ0) is 12.3. The number of hydrogen-bond donors (Lipinski definition) is 1. The van der Waals surface area contributed by atoms with Crippen LogP contribution in [0.4, 0.5) is 0 Å². The third-order valence-corrected chi connectivity index (χ3v) is 6.90. The number of aryl methyl sites for hydroxylation is 1. The molecule has 2 N–H and O–H groups in total. The maximum atomic E-state index is 6.72. The van der Waals surface area contributed by atoms with E-state index in [9.17, 15) is 0 Å². The molecule has 4 aliphatic rings. The largest absolute Gasteiger partial charge is 0.323 e. The monoisotopic (exact) mass is 261 g/mol. The predicted molar refractivity (Wildman–Crippen MR) is 76.6 cm³/mol. The zero-order valence-electron chi connectivity index (χ0n) is 11.2. The third-order valence-electron chi connectivity index (χ3n) is 5.81. The van der Waals surface area contributed by atoms with Crippen molar-refractivity contribution in [3.05, 3.63) is 21.9 Å². The van der Waals surface area contributed by atoms with Gasteiger partial charge in [-0.15, -0.1) is 11.3 Å². The van der Waals surface area contributed by atoms with Crippen molar-refractivity contribution < 1.29 is 0 Å². The van der Waals surface area contributed by atoms with Crippen LogP contribution < -0.4 is 5.73 Å². The van der Waals surface area contributed by atoms with Gasteiger partial charge in [0.25, 0.3) is 0 Å². The van der Waals surface area contributed by atoms with E-state index in [0.717, 1.165) is 17.8 Å². The summed E-state index contributed by atoms with van der Waals surface area (Å²) in [5.41, 5.74) is 7.18. The minimum atomic E-state index is 0.310. The maximum Gasteiger partial charge on any atom is 0.0447 e. The molecule has 4 bridgehead atoms. The van der Waals surface area contributed by atoms with Crippen LogP contribution in [0.1, 0.15) is 54.3 Å². The van der Waals surface area contributed by atoms with Crippen molar-refractivity contribution >= 4 is 11.3 Å². The Morgan fingerprint density at radius 3 is 2.11 bits per heavy atom. The Balaban J connectivity index is 1.67. The smallest absolute Gasteiger partial charge is 0.0447 e. The van der Waals surface area contributed by atoms with Crippen molar-refractivity contribution in [3.8, 4) is 0 Å². The van der Waals surface area contributed by atoms with Crippen molar-refractivity contribution in [2.45, 2.75) is 51.5 Å². The van der Waals surface area contributed by atoms with Crippen molar-refractivity contribution in [1.29, 1.82) is 0 Å². The van der Waals surface area contributed by atoms with Crippen LogP contribution in [0, 0.1) is 30.1 Å². The van der Waals surface area contributed by atoms with Gasteiger partial charge in [-0.05, 0) is 80.8 Å². The highest BCUT2D eigenvalue weighted by Crippen LogP contribution is 2.63. The molecule has 0 radical (unpaired) electrons. The molecular weight excluding hydrogens is 238 g/mol. The molecule has 4 aliphatic carbocycles. The van der Waals surface area contributed by atoms with E-state index in [1.807, 2.05) is 11.3 Å². The average Bonchev–Trinajstić information content (AvgIpc) is 2.73. The fraction of sp³-hybridized carbons (Fsp3) is 0.750. The van der Waals surface area contributed by atoms with Crippen LogP contribution in [-0.2, 0) is 0 Å². The molecular formula is C16H23NS. The third kappa shape index (κ3) is 1.61. The summed E-state index contributed by atoms with van der Waals surface area (Å²) in [5, 5.41) is 0. The van der Waals surface area contributed by atoms with Gasteiger partial charge in [0.2, 0.25) is 0 Å². The number of rotatable bonds is 2. The fourth-order valence-electron chi connectivity index (χ4n) is 5.48. The second kappa shape index (κ2) is 3.83. The van der Waals surface area contributed by atoms with Gasteiger partial charge < -0.3 is 5.73 Å². The van der Waals surface area contributed by atoms with E-state index in [2.05, 4.69) is 19.1 Å². The summed E-state index contributed by atoms with van der Waals surface area (Å²) in [6, 6.07) is 4.83. The van der Waals surface area contributed by atoms with Crippen LogP contribution in [-0.4, -0.2) is 0 Å². The summed E-state index contributed by atoms with van der Waals surface area (Å²) in [5.74, 6) is 3.01. The highest BCUT2D eigenvalue weighted by molar-refractivity contribution is 7.12. The van der Waals surface area contributed by atoms with Gasteiger partial charge in [0.1, 0.15) is 0 Å². The Bertz CT molecular complexity index is 426. The topological polar surface area (TPSA) is 26.0 Å². The normalized spacial score (nSPS) is 43.3. The molecule has 0 saturated heterocycles. The molecule has 0 spiro atoms. The quantitative estimate of drug-likeness (QED) is 0.845. The average molecular weight is 261 g/mol. The molecule has 4 fully saturated rings. The van der Waals surface area contributed by atoms with Crippen molar-refractivity contribution in [1.82, 2.24) is 0 Å². The highest BCUT2D eigenvalue weighted by Gasteiger charge is 2.53. The van der Waals surface area contributed by atoms with Crippen LogP contribution in [0.2, 0.25) is 0 Å². The van der Waals surface area contributed by atoms with Crippen molar-refractivity contribution in [2.24, 2.45) is 28.9 Å². The lowest BCUT2D eigenvalue weighted by atomic mass is 9.47. The van der Waals surface area contributed by atoms with Crippen LogP contribution in [0.25, 0.3) is 0 Å². The summed E-state index contributed by atoms with van der Waals surface area (Å²) in [7, 11) is 0. The minimum absolute atomic E-state index is 0.310. The molecule has 1 aromatic heterocycles. The first-order valence-electron chi connectivity index (χ1n) is 7.46. The van der Waals surface area contributed by atoms with E-state index in [1.165, 1.54) is 48.3 Å². The first-order valence-corrected chi connectivity index (χ1v) is 8.28. The van der Waals surface area contributed by atoms with Gasteiger partial charge >= 0.3 is 0 Å². The van der Waals surface area contributed by atoms with E-state index in [0.29, 0.717) is 11.5 Å². The van der Waals surface area contributed by atoms with Crippen LogP contribution >= 0.6 is 11.3 Å². The molecule has 1 atom stereocenters. The van der Waals surface area contributed by atoms with Gasteiger partial charge in [-0.1, -0.05) is 0 Å². The van der Waals surface area contributed by atoms with Crippen molar-refractivity contribution in [2.75, 3.05) is 0 Å². The molecule has 18 heavy (non-hydrogen) atoms. The molecule has 0 aliphatic heterocycles. The first kappa shape index (κ1) is 11.5. The fourth-order valence-corrected chi connectivity index (χ4v) is 6.50. The van der Waals surface area contributed by atoms with Crippen LogP contribution in [0.3, 0.4) is 0 Å². The molecule has 1 nitrogen and oxygen atoms in total. The number of hydrogen-bond acceptors (Lipinski definition) is 2. The lowest BCUT2D eigenvalue weighted by Crippen LogP contribution is -2.50. The Hall–Kier alpha value is -0.340. The number of nitrogens with two attached hydrogens (primary N) is 1. The van der Waals surface area contributed by atoms with Gasteiger partial charge in [-0.2, -0.15) is 0 Å². The Labute approximate surface area is 114 Å². The van der Waals surface area contributed by atoms with E-state index >= 15 is 0 Å². The number of thiophene rings is 1. The summed E-state index contributed by atoms with van der Waals surface area (Å²) in [4.78, 5) is 2.85. The highest BCUT2D eigenvalue weighted by atomic mass is 32.1. The van der Waals surface area contributed by atoms with Gasteiger partial charge in [-0.3, -0.25) is 0 Å². The van der Waals surface area contributed by atoms with E-state index in [1.54, 1.807) is 0 Å². The van der Waals surface area contributed by atoms with Gasteiger partial charge in [0, 0.05) is 15.8 Å². The Morgan fingerprint density at radius 1 is 1.11 bits per heavy atom. The second-order valence-corrected chi connectivity index (χ2v) is 8.53. The summed E-state index contributed by atoms with van der Waals surface area (Å²) in [6.07, 6.45) is 8.77. The standard InChI is InChI=1S/C16H23NS/c1-10-2-3-14(18-10)15(17)16-7-11-4-12(8-16)6-13(5-11)9-16/h2-3,11-13,15H,4-9,17H2,1H3. The minimum Gasteiger partial charge on any atom is -0.323 e. The zero-order valence-corrected chi connectivity index (χ0v) is 12.0. The molecule has 5 rings (SSSR count). The summed E-state index contributed by atoms with van der Waals surface area (Å²) < 4.78 is 0. The molecule has 1 aromatic rings. The predicted octanol–water partition coefficient (Wildman–Crippen LogP) is 4.27. The molecule has 98 valence electrons. The van der Waals surface area contributed by atoms with Gasteiger partial charge in [0.15, 0.2) is 0 Å².